The number of nitrogens with one attached hydrogen (secondary N) is 1. The second-order valence-corrected chi connectivity index (χ2v) is 7.34. The first-order valence-corrected chi connectivity index (χ1v) is 9.72. The van der Waals surface area contributed by atoms with E-state index in [0.29, 0.717) is 13.1 Å². The number of rotatable bonds is 3. The van der Waals surface area contributed by atoms with Crippen molar-refractivity contribution in [1.29, 1.82) is 0 Å². The molecule has 29 heavy (non-hydrogen) atoms. The van der Waals surface area contributed by atoms with Crippen molar-refractivity contribution < 1.29 is 4.79 Å². The Morgan fingerprint density at radius 3 is 2.38 bits per heavy atom. The molecular weight excluding hydrogens is 366 g/mol. The highest BCUT2D eigenvalue weighted by molar-refractivity contribution is 5.89. The minimum Gasteiger partial charge on any atom is -0.353 e. The maximum absolute atomic E-state index is 12.6. The van der Waals surface area contributed by atoms with Crippen LogP contribution in [0.5, 0.6) is 0 Å². The Balaban J connectivity index is 1.38. The Morgan fingerprint density at radius 2 is 1.69 bits per heavy atom. The minimum absolute atomic E-state index is 0.0664. The van der Waals surface area contributed by atoms with E-state index in [2.05, 4.69) is 32.2 Å². The van der Waals surface area contributed by atoms with Crippen LogP contribution < -0.4 is 10.2 Å². The number of benzene rings is 1. The summed E-state index contributed by atoms with van der Waals surface area (Å²) in [5.41, 5.74) is 4.15. The molecule has 0 radical (unpaired) electrons. The monoisotopic (exact) mass is 391 g/mol. The third kappa shape index (κ3) is 4.21. The van der Waals surface area contributed by atoms with Crippen LogP contribution in [0.3, 0.4) is 0 Å². The lowest BCUT2D eigenvalue weighted by Gasteiger charge is -2.35. The third-order valence-electron chi connectivity index (χ3n) is 5.24. The standard InChI is InChI=1S/C21H25N7O/c1-15-4-5-18(12-16(15)2)24-21(29)27-10-8-26(9-11-27)19-13-20(23-14-22-19)28-7-6-17(3)25-28/h4-7,12-14H,8-11H2,1-3H3,(H,24,29). The summed E-state index contributed by atoms with van der Waals surface area (Å²) in [6.07, 6.45) is 3.44. The molecule has 1 saturated heterocycles. The molecule has 1 aromatic carbocycles. The molecule has 2 aromatic heterocycles. The van der Waals surface area contributed by atoms with Crippen LogP contribution >= 0.6 is 0 Å². The lowest BCUT2D eigenvalue weighted by molar-refractivity contribution is 0.208. The maximum Gasteiger partial charge on any atom is 0.321 e. The van der Waals surface area contributed by atoms with Gasteiger partial charge in [0.2, 0.25) is 0 Å². The number of aryl methyl sites for hydroxylation is 3. The SMILES string of the molecule is Cc1ccn(-c2cc(N3CCN(C(=O)Nc4ccc(C)c(C)c4)CC3)ncn2)n1. The average Bonchev–Trinajstić information content (AvgIpc) is 3.17. The van der Waals surface area contributed by atoms with Crippen LogP contribution in [-0.2, 0) is 0 Å². The highest BCUT2D eigenvalue weighted by Crippen LogP contribution is 2.18. The highest BCUT2D eigenvalue weighted by Gasteiger charge is 2.22. The number of piperazine rings is 1. The van der Waals surface area contributed by atoms with Crippen LogP contribution in [0.2, 0.25) is 0 Å². The molecule has 3 heterocycles. The largest absolute Gasteiger partial charge is 0.353 e. The van der Waals surface area contributed by atoms with Crippen molar-refractivity contribution in [2.75, 3.05) is 36.4 Å². The molecule has 0 spiro atoms. The molecule has 4 rings (SSSR count). The van der Waals surface area contributed by atoms with Crippen LogP contribution in [0.4, 0.5) is 16.3 Å². The molecule has 0 saturated carbocycles. The van der Waals surface area contributed by atoms with Crippen molar-refractivity contribution in [3.05, 3.63) is 59.7 Å². The van der Waals surface area contributed by atoms with Gasteiger partial charge in [0.25, 0.3) is 0 Å². The molecule has 8 heteroatoms. The summed E-state index contributed by atoms with van der Waals surface area (Å²) >= 11 is 0. The minimum atomic E-state index is -0.0664. The van der Waals surface area contributed by atoms with Gasteiger partial charge in [-0.3, -0.25) is 0 Å². The van der Waals surface area contributed by atoms with Crippen LogP contribution in [0.25, 0.3) is 5.82 Å². The maximum atomic E-state index is 12.6. The van der Waals surface area contributed by atoms with Gasteiger partial charge in [0.15, 0.2) is 5.82 Å². The van der Waals surface area contributed by atoms with E-state index in [1.54, 1.807) is 11.0 Å². The molecule has 1 fully saturated rings. The predicted molar refractivity (Wildman–Crippen MR) is 113 cm³/mol. The van der Waals surface area contributed by atoms with Gasteiger partial charge in [-0.15, -0.1) is 0 Å². The van der Waals surface area contributed by atoms with Gasteiger partial charge in [-0.25, -0.2) is 19.4 Å². The topological polar surface area (TPSA) is 79.2 Å². The van der Waals surface area contributed by atoms with Gasteiger partial charge in [0.05, 0.1) is 5.69 Å². The quantitative estimate of drug-likeness (QED) is 0.743. The molecule has 8 nitrogen and oxygen atoms in total. The van der Waals surface area contributed by atoms with Gasteiger partial charge < -0.3 is 15.1 Å². The lowest BCUT2D eigenvalue weighted by Crippen LogP contribution is -2.50. The summed E-state index contributed by atoms with van der Waals surface area (Å²) in [6.45, 7) is 8.76. The number of anilines is 2. The predicted octanol–water partition coefficient (Wildman–Crippen LogP) is 2.94. The zero-order valence-corrected chi connectivity index (χ0v) is 17.0. The van der Waals surface area contributed by atoms with Crippen molar-refractivity contribution in [2.24, 2.45) is 0 Å². The number of hydrogen-bond donors (Lipinski definition) is 1. The summed E-state index contributed by atoms with van der Waals surface area (Å²) < 4.78 is 1.74. The molecular formula is C21H25N7O. The number of aromatic nitrogens is 4. The van der Waals surface area contributed by atoms with Gasteiger partial charge in [-0.05, 0) is 50.1 Å². The van der Waals surface area contributed by atoms with Crippen LogP contribution in [0.1, 0.15) is 16.8 Å². The Kier molecular flexibility index (Phi) is 5.16. The van der Waals surface area contributed by atoms with E-state index in [4.69, 9.17) is 0 Å². The molecule has 1 aliphatic heterocycles. The smallest absolute Gasteiger partial charge is 0.321 e. The van der Waals surface area contributed by atoms with Gasteiger partial charge in [-0.2, -0.15) is 5.10 Å². The number of nitrogens with zero attached hydrogens (tertiary/aromatic N) is 6. The fourth-order valence-electron chi connectivity index (χ4n) is 3.34. The zero-order valence-electron chi connectivity index (χ0n) is 17.0. The zero-order chi connectivity index (χ0) is 20.4. The summed E-state index contributed by atoms with van der Waals surface area (Å²) in [4.78, 5) is 25.3. The number of carbonyl (C=O) groups excluding carboxylic acids is 1. The molecule has 0 aliphatic carbocycles. The number of carbonyl (C=O) groups is 1. The second kappa shape index (κ2) is 7.90. The molecule has 3 aromatic rings. The van der Waals surface area contributed by atoms with Crippen molar-refractivity contribution in [1.82, 2.24) is 24.6 Å². The fraction of sp³-hybridized carbons (Fsp3) is 0.333. The van der Waals surface area contributed by atoms with Crippen LogP contribution in [0.15, 0.2) is 42.9 Å². The molecule has 2 amide bonds. The normalized spacial score (nSPS) is 14.2. The van der Waals surface area contributed by atoms with E-state index < -0.39 is 0 Å². The Hall–Kier alpha value is -3.42. The highest BCUT2D eigenvalue weighted by atomic mass is 16.2. The Morgan fingerprint density at radius 1 is 0.931 bits per heavy atom. The second-order valence-electron chi connectivity index (χ2n) is 7.34. The number of amides is 2. The molecule has 0 unspecified atom stereocenters. The van der Waals surface area contributed by atoms with Crippen molar-refractivity contribution >= 4 is 17.5 Å². The summed E-state index contributed by atoms with van der Waals surface area (Å²) in [5.74, 6) is 1.58. The van der Waals surface area contributed by atoms with E-state index in [9.17, 15) is 4.79 Å². The summed E-state index contributed by atoms with van der Waals surface area (Å²) in [5, 5.41) is 7.40. The molecule has 0 bridgehead atoms. The van der Waals surface area contributed by atoms with Gasteiger partial charge in [-0.1, -0.05) is 6.07 Å². The van der Waals surface area contributed by atoms with Gasteiger partial charge >= 0.3 is 6.03 Å². The Bertz CT molecular complexity index is 1020. The third-order valence-corrected chi connectivity index (χ3v) is 5.24. The molecule has 1 N–H and O–H groups in total. The van der Waals surface area contributed by atoms with Crippen LogP contribution in [0, 0.1) is 20.8 Å². The van der Waals surface area contributed by atoms with Gasteiger partial charge in [0.1, 0.15) is 12.1 Å². The Labute approximate surface area is 170 Å². The van der Waals surface area contributed by atoms with Crippen LogP contribution in [-0.4, -0.2) is 56.9 Å². The first-order chi connectivity index (χ1) is 14.0. The molecule has 0 atom stereocenters. The van der Waals surface area contributed by atoms with E-state index in [1.165, 1.54) is 11.1 Å². The van der Waals surface area contributed by atoms with Gasteiger partial charge in [0, 0.05) is 44.1 Å². The van der Waals surface area contributed by atoms with Crippen molar-refractivity contribution in [3.8, 4) is 5.82 Å². The summed E-state index contributed by atoms with van der Waals surface area (Å²) in [7, 11) is 0. The summed E-state index contributed by atoms with van der Waals surface area (Å²) in [6, 6.07) is 9.77. The average molecular weight is 391 g/mol. The van der Waals surface area contributed by atoms with E-state index in [0.717, 1.165) is 36.1 Å². The number of hydrogen-bond acceptors (Lipinski definition) is 5. The molecule has 150 valence electrons. The lowest BCUT2D eigenvalue weighted by atomic mass is 10.1. The van der Waals surface area contributed by atoms with Crippen molar-refractivity contribution in [2.45, 2.75) is 20.8 Å². The first-order valence-electron chi connectivity index (χ1n) is 9.72. The van der Waals surface area contributed by atoms with Crippen molar-refractivity contribution in [3.63, 3.8) is 0 Å². The fourth-order valence-corrected chi connectivity index (χ4v) is 3.34. The van der Waals surface area contributed by atoms with E-state index >= 15 is 0 Å². The van der Waals surface area contributed by atoms with E-state index in [-0.39, 0.29) is 6.03 Å². The molecule has 1 aliphatic rings. The first kappa shape index (κ1) is 18.9. The van der Waals surface area contributed by atoms with E-state index in [1.807, 2.05) is 55.3 Å². The number of urea groups is 1.